The third kappa shape index (κ3) is 4.20. The predicted molar refractivity (Wildman–Crippen MR) is 152 cm³/mol. The first-order valence-electron chi connectivity index (χ1n) is 13.2. The van der Waals surface area contributed by atoms with Crippen LogP contribution in [0.2, 0.25) is 5.02 Å². The number of aromatic amines is 1. The molecule has 2 atom stereocenters. The number of aromatic nitrogens is 7. The fraction of sp³-hybridized carbons (Fsp3) is 0.241. The van der Waals surface area contributed by atoms with Gasteiger partial charge in [0.05, 0.1) is 29.3 Å². The van der Waals surface area contributed by atoms with Crippen LogP contribution in [0.25, 0.3) is 28.1 Å². The van der Waals surface area contributed by atoms with Crippen LogP contribution in [0.1, 0.15) is 38.3 Å². The van der Waals surface area contributed by atoms with Crippen molar-refractivity contribution < 1.29 is 9.53 Å². The van der Waals surface area contributed by atoms with E-state index in [9.17, 15) is 9.59 Å². The maximum absolute atomic E-state index is 13.6. The number of hydrogen-bond donors (Lipinski definition) is 2. The van der Waals surface area contributed by atoms with Crippen molar-refractivity contribution in [2.24, 2.45) is 5.92 Å². The summed E-state index contributed by atoms with van der Waals surface area (Å²) in [5.41, 5.74) is 4.31. The number of ether oxygens (including phenoxy) is 1. The van der Waals surface area contributed by atoms with Crippen LogP contribution < -0.4 is 15.6 Å². The number of nitrogens with zero attached hydrogens (tertiary/aromatic N) is 6. The van der Waals surface area contributed by atoms with Crippen LogP contribution in [0.4, 0.5) is 5.69 Å². The van der Waals surface area contributed by atoms with Crippen LogP contribution in [0.15, 0.2) is 65.8 Å². The second-order valence-electron chi connectivity index (χ2n) is 10.9. The van der Waals surface area contributed by atoms with Gasteiger partial charge in [-0.15, -0.1) is 5.10 Å². The number of carbonyl (C=O) groups is 1. The summed E-state index contributed by atoms with van der Waals surface area (Å²) < 4.78 is 9.31. The zero-order chi connectivity index (χ0) is 28.5. The monoisotopic (exact) mass is 568 g/mol. The standard InChI is InChI=1S/C29H25ClN8O3/c1-15-8-19-9-17(20-12-18(30)5-7-23(20)37-14-32-35-36-37)11-25(39)38(19)26(15)27-31-13-22(33-27)16-4-6-21-24(10-16)41-29(2,3)28(40)34-21/h4-7,9-15,26H,8H2,1-3H3,(H,31,33)(H,34,40)/t15-,26-/m0/s1. The summed E-state index contributed by atoms with van der Waals surface area (Å²) in [6, 6.07) is 14.4. The minimum Gasteiger partial charge on any atom is -0.476 e. The molecule has 2 aromatic carbocycles. The number of tetrazole rings is 1. The van der Waals surface area contributed by atoms with Crippen molar-refractivity contribution in [2.75, 3.05) is 5.32 Å². The normalized spacial score (nSPS) is 18.9. The molecule has 0 bridgehead atoms. The van der Waals surface area contributed by atoms with Gasteiger partial charge < -0.3 is 19.6 Å². The van der Waals surface area contributed by atoms with Gasteiger partial charge in [0, 0.05) is 27.9 Å². The Morgan fingerprint density at radius 2 is 1.93 bits per heavy atom. The van der Waals surface area contributed by atoms with Gasteiger partial charge in [0.15, 0.2) is 5.60 Å². The molecule has 206 valence electrons. The van der Waals surface area contributed by atoms with E-state index in [2.05, 4.69) is 37.7 Å². The highest BCUT2D eigenvalue weighted by Crippen LogP contribution is 2.39. The lowest BCUT2D eigenvalue weighted by Gasteiger charge is -2.31. The third-order valence-corrected chi connectivity index (χ3v) is 7.93. The van der Waals surface area contributed by atoms with E-state index >= 15 is 0 Å². The topological polar surface area (TPSA) is 133 Å². The first-order chi connectivity index (χ1) is 19.7. The van der Waals surface area contributed by atoms with Gasteiger partial charge in [0.1, 0.15) is 17.9 Å². The Morgan fingerprint density at radius 1 is 1.07 bits per heavy atom. The summed E-state index contributed by atoms with van der Waals surface area (Å²) in [5.74, 6) is 1.23. The summed E-state index contributed by atoms with van der Waals surface area (Å²) >= 11 is 6.34. The largest absolute Gasteiger partial charge is 0.476 e. The van der Waals surface area contributed by atoms with Crippen LogP contribution >= 0.6 is 11.6 Å². The van der Waals surface area contributed by atoms with Gasteiger partial charge in [-0.1, -0.05) is 24.6 Å². The summed E-state index contributed by atoms with van der Waals surface area (Å²) in [4.78, 5) is 34.0. The Bertz CT molecular complexity index is 1890. The molecule has 1 amide bonds. The van der Waals surface area contributed by atoms with Gasteiger partial charge in [0.25, 0.3) is 11.5 Å². The van der Waals surface area contributed by atoms with Gasteiger partial charge in [-0.3, -0.25) is 9.59 Å². The second kappa shape index (κ2) is 9.13. The van der Waals surface area contributed by atoms with Crippen molar-refractivity contribution in [1.29, 1.82) is 0 Å². The quantitative estimate of drug-likeness (QED) is 0.328. The molecule has 0 saturated heterocycles. The van der Waals surface area contributed by atoms with E-state index in [1.165, 1.54) is 6.33 Å². The fourth-order valence-corrected chi connectivity index (χ4v) is 5.84. The SMILES string of the molecule is C[C@H]1Cc2cc(-c3cc(Cl)ccc3-n3cnnn3)cc(=O)n2[C@@H]1c1ncc(-c2ccc3c(c2)OC(C)(C)C(=O)N3)[nH]1. The number of carbonyl (C=O) groups excluding carboxylic acids is 1. The Kier molecular flexibility index (Phi) is 5.62. The molecule has 12 heteroatoms. The van der Waals surface area contributed by atoms with Crippen LogP contribution in [-0.4, -0.2) is 46.3 Å². The molecule has 11 nitrogen and oxygen atoms in total. The minimum absolute atomic E-state index is 0.123. The maximum Gasteiger partial charge on any atom is 0.268 e. The molecular weight excluding hydrogens is 544 g/mol. The molecule has 0 fully saturated rings. The van der Waals surface area contributed by atoms with E-state index in [1.807, 2.05) is 41.0 Å². The lowest BCUT2D eigenvalue weighted by atomic mass is 10.00. The minimum atomic E-state index is -0.966. The highest BCUT2D eigenvalue weighted by molar-refractivity contribution is 6.31. The van der Waals surface area contributed by atoms with Crippen molar-refractivity contribution in [2.45, 2.75) is 38.8 Å². The van der Waals surface area contributed by atoms with Gasteiger partial charge >= 0.3 is 0 Å². The van der Waals surface area contributed by atoms with Gasteiger partial charge in [-0.05, 0) is 78.6 Å². The van der Waals surface area contributed by atoms with E-state index in [4.69, 9.17) is 16.3 Å². The highest BCUT2D eigenvalue weighted by atomic mass is 35.5. The molecule has 3 aromatic heterocycles. The van der Waals surface area contributed by atoms with E-state index in [0.717, 1.165) is 33.8 Å². The molecule has 0 saturated carbocycles. The van der Waals surface area contributed by atoms with Crippen LogP contribution in [0.3, 0.4) is 0 Å². The summed E-state index contributed by atoms with van der Waals surface area (Å²) in [5, 5.41) is 14.9. The number of halogens is 1. The van der Waals surface area contributed by atoms with Crippen LogP contribution in [0, 0.1) is 5.92 Å². The number of pyridine rings is 1. The third-order valence-electron chi connectivity index (χ3n) is 7.69. The molecule has 7 rings (SSSR count). The number of benzene rings is 2. The van der Waals surface area contributed by atoms with E-state index in [-0.39, 0.29) is 23.4 Å². The number of anilines is 1. The summed E-state index contributed by atoms with van der Waals surface area (Å²) in [6.07, 6.45) is 3.97. The molecule has 5 heterocycles. The summed E-state index contributed by atoms with van der Waals surface area (Å²) in [6.45, 7) is 5.57. The van der Waals surface area contributed by atoms with E-state index in [0.29, 0.717) is 28.7 Å². The highest BCUT2D eigenvalue weighted by Gasteiger charge is 2.36. The first kappa shape index (κ1) is 25.2. The lowest BCUT2D eigenvalue weighted by molar-refractivity contribution is -0.129. The molecule has 0 unspecified atom stereocenters. The lowest BCUT2D eigenvalue weighted by Crippen LogP contribution is -2.45. The fourth-order valence-electron chi connectivity index (χ4n) is 5.67. The molecule has 5 aromatic rings. The number of amides is 1. The van der Waals surface area contributed by atoms with Gasteiger partial charge in [0.2, 0.25) is 0 Å². The zero-order valence-corrected chi connectivity index (χ0v) is 23.2. The van der Waals surface area contributed by atoms with E-state index in [1.54, 1.807) is 36.9 Å². The number of fused-ring (bicyclic) bond motifs is 2. The predicted octanol–water partition coefficient (Wildman–Crippen LogP) is 4.43. The number of imidazole rings is 1. The Labute approximate surface area is 239 Å². The smallest absolute Gasteiger partial charge is 0.268 e. The van der Waals surface area contributed by atoms with Crippen molar-refractivity contribution in [3.8, 4) is 33.8 Å². The Morgan fingerprint density at radius 3 is 2.73 bits per heavy atom. The van der Waals surface area contributed by atoms with Crippen molar-refractivity contribution in [3.05, 3.63) is 87.9 Å². The van der Waals surface area contributed by atoms with Gasteiger partial charge in [-0.2, -0.15) is 4.68 Å². The Hall–Kier alpha value is -4.77. The molecule has 2 aliphatic heterocycles. The van der Waals surface area contributed by atoms with Crippen molar-refractivity contribution >= 4 is 23.2 Å². The zero-order valence-electron chi connectivity index (χ0n) is 22.4. The molecule has 0 aliphatic carbocycles. The molecular formula is C29H25ClN8O3. The number of rotatable bonds is 4. The van der Waals surface area contributed by atoms with Crippen molar-refractivity contribution in [1.82, 2.24) is 34.7 Å². The van der Waals surface area contributed by atoms with Crippen LogP contribution in [-0.2, 0) is 11.2 Å². The second-order valence-corrected chi connectivity index (χ2v) is 11.4. The van der Waals surface area contributed by atoms with Crippen molar-refractivity contribution in [3.63, 3.8) is 0 Å². The van der Waals surface area contributed by atoms with E-state index < -0.39 is 5.60 Å². The molecule has 41 heavy (non-hydrogen) atoms. The Balaban J connectivity index is 1.24. The maximum atomic E-state index is 13.6. The average Bonchev–Trinajstić information content (AvgIpc) is 3.69. The average molecular weight is 569 g/mol. The molecule has 0 spiro atoms. The first-order valence-corrected chi connectivity index (χ1v) is 13.5. The molecule has 2 aliphatic rings. The number of hydrogen-bond acceptors (Lipinski definition) is 7. The van der Waals surface area contributed by atoms with Gasteiger partial charge in [-0.25, -0.2) is 4.98 Å². The molecule has 0 radical (unpaired) electrons. The number of H-pyrrole nitrogens is 1. The van der Waals surface area contributed by atoms with Crippen LogP contribution in [0.5, 0.6) is 5.75 Å². The summed E-state index contributed by atoms with van der Waals surface area (Å²) in [7, 11) is 0. The molecule has 2 N–H and O–H groups in total. The number of nitrogens with one attached hydrogen (secondary N) is 2.